The third kappa shape index (κ3) is 4.85. The monoisotopic (exact) mass is 338 g/mol. The average Bonchev–Trinajstić information content (AvgIpc) is 3.03. The highest BCUT2D eigenvalue weighted by Gasteiger charge is 2.23. The number of benzene rings is 1. The van der Waals surface area contributed by atoms with Gasteiger partial charge in [0.25, 0.3) is 5.91 Å². The van der Waals surface area contributed by atoms with Crippen molar-refractivity contribution in [2.75, 3.05) is 13.1 Å². The molecule has 23 heavy (non-hydrogen) atoms. The fourth-order valence-electron chi connectivity index (χ4n) is 3.39. The van der Waals surface area contributed by atoms with Crippen molar-refractivity contribution in [1.29, 1.82) is 0 Å². The molecule has 2 fully saturated rings. The molecule has 0 bridgehead atoms. The van der Waals surface area contributed by atoms with E-state index in [1.54, 1.807) is 0 Å². The van der Waals surface area contributed by atoms with Crippen molar-refractivity contribution in [3.05, 3.63) is 29.8 Å². The van der Waals surface area contributed by atoms with E-state index in [0.717, 1.165) is 38.1 Å². The normalized spacial score (nSPS) is 24.7. The van der Waals surface area contributed by atoms with E-state index in [1.165, 1.54) is 12.8 Å². The zero-order chi connectivity index (χ0) is 15.4. The van der Waals surface area contributed by atoms with Gasteiger partial charge in [-0.3, -0.25) is 4.79 Å². The van der Waals surface area contributed by atoms with Gasteiger partial charge in [0.2, 0.25) is 0 Å². The fourth-order valence-corrected chi connectivity index (χ4v) is 3.39. The van der Waals surface area contributed by atoms with Crippen molar-refractivity contribution in [2.45, 2.75) is 51.2 Å². The Morgan fingerprint density at radius 2 is 2.04 bits per heavy atom. The predicted octanol–water partition coefficient (Wildman–Crippen LogP) is 3.16. The second-order valence-electron chi connectivity index (χ2n) is 6.60. The van der Waals surface area contributed by atoms with E-state index >= 15 is 0 Å². The lowest BCUT2D eigenvalue weighted by Crippen LogP contribution is -2.48. The summed E-state index contributed by atoms with van der Waals surface area (Å²) in [5.74, 6) is 1.30. The molecule has 128 valence electrons. The number of carbonyl (C=O) groups excluding carboxylic acids is 1. The molecule has 0 spiro atoms. The molecule has 4 nitrogen and oxygen atoms in total. The first-order valence-corrected chi connectivity index (χ1v) is 8.50. The van der Waals surface area contributed by atoms with E-state index in [-0.39, 0.29) is 24.4 Å². The Kier molecular flexibility index (Phi) is 6.72. The predicted molar refractivity (Wildman–Crippen MR) is 94.5 cm³/mol. The smallest absolute Gasteiger partial charge is 0.251 e. The summed E-state index contributed by atoms with van der Waals surface area (Å²) in [5, 5.41) is 6.53. The number of amides is 1. The maximum Gasteiger partial charge on any atom is 0.251 e. The quantitative estimate of drug-likeness (QED) is 0.886. The fraction of sp³-hybridized carbons (Fsp3) is 0.611. The van der Waals surface area contributed by atoms with Crippen LogP contribution in [0, 0.1) is 5.92 Å². The second kappa shape index (κ2) is 8.55. The van der Waals surface area contributed by atoms with Gasteiger partial charge in [-0.1, -0.05) is 13.0 Å². The molecule has 1 saturated heterocycles. The highest BCUT2D eigenvalue weighted by atomic mass is 35.5. The van der Waals surface area contributed by atoms with Crippen molar-refractivity contribution in [3.63, 3.8) is 0 Å². The van der Waals surface area contributed by atoms with Gasteiger partial charge in [0.05, 0.1) is 6.10 Å². The molecule has 1 amide bonds. The molecule has 1 aliphatic heterocycles. The molecule has 2 unspecified atom stereocenters. The standard InChI is InChI=1S/C18H26N2O2.ClH/c1-13-12-19-10-9-17(13)20-18(21)14-5-4-8-16(11-14)22-15-6-2-3-7-15;/h4-5,8,11,13,15,17,19H,2-3,6-7,9-10,12H2,1H3,(H,20,21);1H. The van der Waals surface area contributed by atoms with Crippen molar-refractivity contribution in [1.82, 2.24) is 10.6 Å². The van der Waals surface area contributed by atoms with Crippen LogP contribution in [0.1, 0.15) is 49.4 Å². The summed E-state index contributed by atoms with van der Waals surface area (Å²) in [5.41, 5.74) is 0.696. The molecule has 1 saturated carbocycles. The Morgan fingerprint density at radius 3 is 2.78 bits per heavy atom. The number of piperidine rings is 1. The largest absolute Gasteiger partial charge is 0.490 e. The van der Waals surface area contributed by atoms with E-state index in [9.17, 15) is 4.79 Å². The first kappa shape index (κ1) is 18.1. The van der Waals surface area contributed by atoms with E-state index in [1.807, 2.05) is 24.3 Å². The molecule has 5 heteroatoms. The van der Waals surface area contributed by atoms with Crippen LogP contribution in [0.2, 0.25) is 0 Å². The summed E-state index contributed by atoms with van der Waals surface area (Å²) in [7, 11) is 0. The first-order valence-electron chi connectivity index (χ1n) is 8.50. The molecule has 1 aromatic carbocycles. The maximum absolute atomic E-state index is 12.5. The molecule has 2 aliphatic rings. The summed E-state index contributed by atoms with van der Waals surface area (Å²) in [4.78, 5) is 12.5. The van der Waals surface area contributed by atoms with Crippen molar-refractivity contribution in [2.24, 2.45) is 5.92 Å². The third-order valence-electron chi connectivity index (χ3n) is 4.80. The summed E-state index contributed by atoms with van der Waals surface area (Å²) in [6, 6.07) is 7.85. The van der Waals surface area contributed by atoms with Crippen molar-refractivity contribution >= 4 is 18.3 Å². The van der Waals surface area contributed by atoms with Crippen LogP contribution in [0.4, 0.5) is 0 Å². The SMILES string of the molecule is CC1CNCCC1NC(=O)c1cccc(OC2CCCC2)c1.Cl. The average molecular weight is 339 g/mol. The Balaban J connectivity index is 0.00000192. The summed E-state index contributed by atoms with van der Waals surface area (Å²) in [6.07, 6.45) is 6.07. The van der Waals surface area contributed by atoms with Crippen LogP contribution >= 0.6 is 12.4 Å². The van der Waals surface area contributed by atoms with Crippen LogP contribution in [-0.4, -0.2) is 31.1 Å². The summed E-state index contributed by atoms with van der Waals surface area (Å²) in [6.45, 7) is 4.12. The van der Waals surface area contributed by atoms with Gasteiger partial charge in [-0.2, -0.15) is 0 Å². The summed E-state index contributed by atoms with van der Waals surface area (Å²) >= 11 is 0. The number of rotatable bonds is 4. The Morgan fingerprint density at radius 1 is 1.26 bits per heavy atom. The van der Waals surface area contributed by atoms with Crippen molar-refractivity contribution < 1.29 is 9.53 Å². The molecule has 1 aliphatic carbocycles. The third-order valence-corrected chi connectivity index (χ3v) is 4.80. The molecule has 2 atom stereocenters. The molecular weight excluding hydrogens is 312 g/mol. The van der Waals surface area contributed by atoms with E-state index < -0.39 is 0 Å². The van der Waals surface area contributed by atoms with E-state index in [4.69, 9.17) is 4.74 Å². The van der Waals surface area contributed by atoms with Crippen LogP contribution in [0.3, 0.4) is 0 Å². The molecular formula is C18H27ClN2O2. The number of ether oxygens (including phenoxy) is 1. The molecule has 0 aromatic heterocycles. The lowest BCUT2D eigenvalue weighted by molar-refractivity contribution is 0.0913. The maximum atomic E-state index is 12.5. The number of hydrogen-bond donors (Lipinski definition) is 2. The number of nitrogens with one attached hydrogen (secondary N) is 2. The summed E-state index contributed by atoms with van der Waals surface area (Å²) < 4.78 is 5.99. The van der Waals surface area contributed by atoms with Gasteiger partial charge in [-0.25, -0.2) is 0 Å². The van der Waals surface area contributed by atoms with Gasteiger partial charge in [0, 0.05) is 11.6 Å². The minimum atomic E-state index is 0. The van der Waals surface area contributed by atoms with E-state index in [0.29, 0.717) is 17.6 Å². The van der Waals surface area contributed by atoms with Crippen molar-refractivity contribution in [3.8, 4) is 5.75 Å². The molecule has 3 rings (SSSR count). The van der Waals surface area contributed by atoms with Crippen LogP contribution in [0.15, 0.2) is 24.3 Å². The number of hydrogen-bond acceptors (Lipinski definition) is 3. The van der Waals surface area contributed by atoms with Gasteiger partial charge in [0.15, 0.2) is 0 Å². The topological polar surface area (TPSA) is 50.4 Å². The molecule has 0 radical (unpaired) electrons. The second-order valence-corrected chi connectivity index (χ2v) is 6.60. The minimum absolute atomic E-state index is 0. The van der Waals surface area contributed by atoms with Gasteiger partial charge < -0.3 is 15.4 Å². The lowest BCUT2D eigenvalue weighted by atomic mass is 9.95. The molecule has 1 heterocycles. The minimum Gasteiger partial charge on any atom is -0.490 e. The highest BCUT2D eigenvalue weighted by Crippen LogP contribution is 2.24. The van der Waals surface area contributed by atoms with E-state index in [2.05, 4.69) is 17.6 Å². The zero-order valence-corrected chi connectivity index (χ0v) is 14.5. The van der Waals surface area contributed by atoms with Crippen LogP contribution in [0.5, 0.6) is 5.75 Å². The first-order chi connectivity index (χ1) is 10.7. The van der Waals surface area contributed by atoms with Gasteiger partial charge in [-0.15, -0.1) is 12.4 Å². The van der Waals surface area contributed by atoms with Gasteiger partial charge in [-0.05, 0) is 69.3 Å². The zero-order valence-electron chi connectivity index (χ0n) is 13.7. The Labute approximate surface area is 144 Å². The van der Waals surface area contributed by atoms with Gasteiger partial charge in [0.1, 0.15) is 5.75 Å². The number of halogens is 1. The molecule has 2 N–H and O–H groups in total. The highest BCUT2D eigenvalue weighted by molar-refractivity contribution is 5.94. The number of carbonyl (C=O) groups is 1. The lowest BCUT2D eigenvalue weighted by Gasteiger charge is -2.30. The van der Waals surface area contributed by atoms with Crippen LogP contribution in [0.25, 0.3) is 0 Å². The van der Waals surface area contributed by atoms with Crippen LogP contribution < -0.4 is 15.4 Å². The molecule has 1 aromatic rings. The van der Waals surface area contributed by atoms with Crippen LogP contribution in [-0.2, 0) is 0 Å². The Bertz CT molecular complexity index is 517. The van der Waals surface area contributed by atoms with Gasteiger partial charge >= 0.3 is 0 Å². The Hall–Kier alpha value is -1.26.